The molecule has 0 radical (unpaired) electrons. The fraction of sp³-hybridized carbons (Fsp3) is 0.636. The van der Waals surface area contributed by atoms with Crippen molar-refractivity contribution in [1.82, 2.24) is 4.90 Å². The number of methoxy groups -OCH3 is 1. The second-order valence-corrected chi connectivity index (χ2v) is 8.36. The van der Waals surface area contributed by atoms with Crippen molar-refractivity contribution in [2.75, 3.05) is 40.0 Å². The largest absolute Gasteiger partial charge is 0.496 e. The Kier molecular flexibility index (Phi) is 6.06. The summed E-state index contributed by atoms with van der Waals surface area (Å²) in [6.07, 6.45) is 3.45. The molecule has 0 bridgehead atoms. The molecule has 0 spiro atoms. The lowest BCUT2D eigenvalue weighted by molar-refractivity contribution is -0.150. The van der Waals surface area contributed by atoms with Crippen molar-refractivity contribution in [1.29, 1.82) is 0 Å². The number of carbonyl (C=O) groups excluding carboxylic acids is 1. The second-order valence-electron chi connectivity index (χ2n) is 8.36. The van der Waals surface area contributed by atoms with E-state index < -0.39 is 5.41 Å². The zero-order valence-corrected chi connectivity index (χ0v) is 17.0. The van der Waals surface area contributed by atoms with E-state index in [9.17, 15) is 9.90 Å². The Morgan fingerprint density at radius 2 is 2.14 bits per heavy atom. The van der Waals surface area contributed by atoms with Gasteiger partial charge in [-0.1, -0.05) is 17.3 Å². The molecule has 2 saturated heterocycles. The summed E-state index contributed by atoms with van der Waals surface area (Å²) in [4.78, 5) is 21.2. The SMILES string of the molecule is COc1ccccc1C1=NOC(CC2(C(=O)N3CCC(CO)C3)CCOCC2)C1. The lowest BCUT2D eigenvalue weighted by Crippen LogP contribution is -2.48. The molecule has 3 heterocycles. The topological polar surface area (TPSA) is 80.6 Å². The van der Waals surface area contributed by atoms with Crippen LogP contribution in [0.25, 0.3) is 0 Å². The van der Waals surface area contributed by atoms with Gasteiger partial charge in [0.05, 0.1) is 18.2 Å². The van der Waals surface area contributed by atoms with E-state index in [1.165, 1.54) is 0 Å². The van der Waals surface area contributed by atoms with Crippen LogP contribution in [0, 0.1) is 11.3 Å². The van der Waals surface area contributed by atoms with Gasteiger partial charge in [-0.2, -0.15) is 0 Å². The van der Waals surface area contributed by atoms with Crippen molar-refractivity contribution in [3.8, 4) is 5.75 Å². The number of benzene rings is 1. The third-order valence-corrected chi connectivity index (χ3v) is 6.50. The molecule has 7 nitrogen and oxygen atoms in total. The first-order valence-electron chi connectivity index (χ1n) is 10.5. The molecule has 1 aromatic rings. The summed E-state index contributed by atoms with van der Waals surface area (Å²) < 4.78 is 11.0. The van der Waals surface area contributed by atoms with Crippen molar-refractivity contribution >= 4 is 11.6 Å². The number of oxime groups is 1. The summed E-state index contributed by atoms with van der Waals surface area (Å²) in [5, 5.41) is 13.8. The van der Waals surface area contributed by atoms with Crippen molar-refractivity contribution < 1.29 is 24.2 Å². The predicted octanol–water partition coefficient (Wildman–Crippen LogP) is 2.22. The Morgan fingerprint density at radius 1 is 1.34 bits per heavy atom. The van der Waals surface area contributed by atoms with Gasteiger partial charge in [-0.05, 0) is 31.4 Å². The summed E-state index contributed by atoms with van der Waals surface area (Å²) >= 11 is 0. The minimum absolute atomic E-state index is 0.131. The Balaban J connectivity index is 1.46. The zero-order valence-electron chi connectivity index (χ0n) is 17.0. The number of ether oxygens (including phenoxy) is 2. The van der Waals surface area contributed by atoms with Gasteiger partial charge in [0.1, 0.15) is 11.9 Å². The van der Waals surface area contributed by atoms with E-state index in [1.54, 1.807) is 7.11 Å². The second kappa shape index (κ2) is 8.71. The minimum atomic E-state index is -0.473. The highest BCUT2D eigenvalue weighted by molar-refractivity contribution is 6.03. The van der Waals surface area contributed by atoms with Crippen LogP contribution in [0.2, 0.25) is 0 Å². The van der Waals surface area contributed by atoms with Gasteiger partial charge < -0.3 is 24.3 Å². The first-order chi connectivity index (χ1) is 14.1. The van der Waals surface area contributed by atoms with E-state index in [0.29, 0.717) is 45.4 Å². The quantitative estimate of drug-likeness (QED) is 0.789. The number of para-hydroxylation sites is 1. The molecule has 2 atom stereocenters. The van der Waals surface area contributed by atoms with E-state index in [4.69, 9.17) is 14.3 Å². The molecule has 0 aromatic heterocycles. The molecule has 1 aromatic carbocycles. The summed E-state index contributed by atoms with van der Waals surface area (Å²) in [7, 11) is 1.65. The molecule has 3 aliphatic rings. The van der Waals surface area contributed by atoms with Crippen LogP contribution >= 0.6 is 0 Å². The molecule has 1 amide bonds. The van der Waals surface area contributed by atoms with Crippen LogP contribution < -0.4 is 4.74 Å². The average Bonchev–Trinajstić information content (AvgIpc) is 3.43. The van der Waals surface area contributed by atoms with E-state index in [2.05, 4.69) is 5.16 Å². The van der Waals surface area contributed by atoms with Gasteiger partial charge in [0.25, 0.3) is 0 Å². The Hall–Kier alpha value is -2.12. The van der Waals surface area contributed by atoms with E-state index >= 15 is 0 Å². The minimum Gasteiger partial charge on any atom is -0.496 e. The van der Waals surface area contributed by atoms with Crippen LogP contribution in [-0.4, -0.2) is 67.7 Å². The molecule has 1 N–H and O–H groups in total. The fourth-order valence-corrected chi connectivity index (χ4v) is 4.78. The van der Waals surface area contributed by atoms with Crippen LogP contribution in [0.15, 0.2) is 29.4 Å². The number of carbonyl (C=O) groups is 1. The highest BCUT2D eigenvalue weighted by atomic mass is 16.6. The van der Waals surface area contributed by atoms with Crippen LogP contribution in [0.1, 0.15) is 37.7 Å². The normalized spacial score (nSPS) is 26.1. The highest BCUT2D eigenvalue weighted by Gasteiger charge is 2.46. The van der Waals surface area contributed by atoms with E-state index in [0.717, 1.165) is 30.0 Å². The number of aliphatic hydroxyl groups excluding tert-OH is 1. The first kappa shape index (κ1) is 20.2. The van der Waals surface area contributed by atoms with Crippen molar-refractivity contribution in [2.24, 2.45) is 16.5 Å². The van der Waals surface area contributed by atoms with Crippen molar-refractivity contribution in [3.63, 3.8) is 0 Å². The maximum absolute atomic E-state index is 13.5. The predicted molar refractivity (Wildman–Crippen MR) is 108 cm³/mol. The Morgan fingerprint density at radius 3 is 2.86 bits per heavy atom. The van der Waals surface area contributed by atoms with Crippen LogP contribution in [-0.2, 0) is 14.4 Å². The molecule has 3 aliphatic heterocycles. The number of hydrogen-bond donors (Lipinski definition) is 1. The van der Waals surface area contributed by atoms with Gasteiger partial charge in [0.2, 0.25) is 5.91 Å². The molecule has 2 fully saturated rings. The number of hydrogen-bond acceptors (Lipinski definition) is 6. The lowest BCUT2D eigenvalue weighted by Gasteiger charge is -2.39. The Labute approximate surface area is 171 Å². The molecule has 0 saturated carbocycles. The van der Waals surface area contributed by atoms with Crippen molar-refractivity contribution in [3.05, 3.63) is 29.8 Å². The Bertz CT molecular complexity index is 759. The molecule has 0 aliphatic carbocycles. The van der Waals surface area contributed by atoms with Crippen molar-refractivity contribution in [2.45, 2.75) is 38.2 Å². The van der Waals surface area contributed by atoms with Crippen LogP contribution in [0.5, 0.6) is 5.75 Å². The van der Waals surface area contributed by atoms with Gasteiger partial charge in [0.15, 0.2) is 0 Å². The highest BCUT2D eigenvalue weighted by Crippen LogP contribution is 2.41. The van der Waals surface area contributed by atoms with E-state index in [-0.39, 0.29) is 24.5 Å². The number of rotatable bonds is 6. The number of amides is 1. The van der Waals surface area contributed by atoms with Gasteiger partial charge in [0, 0.05) is 57.2 Å². The molecule has 29 heavy (non-hydrogen) atoms. The molecular formula is C22H30N2O5. The summed E-state index contributed by atoms with van der Waals surface area (Å²) in [5.74, 6) is 1.16. The smallest absolute Gasteiger partial charge is 0.229 e. The maximum atomic E-state index is 13.5. The third-order valence-electron chi connectivity index (χ3n) is 6.50. The number of nitrogens with zero attached hydrogens (tertiary/aromatic N) is 2. The number of likely N-dealkylation sites (tertiary alicyclic amines) is 1. The van der Waals surface area contributed by atoms with Gasteiger partial charge in [-0.15, -0.1) is 0 Å². The maximum Gasteiger partial charge on any atom is 0.229 e. The van der Waals surface area contributed by atoms with Crippen LogP contribution in [0.4, 0.5) is 0 Å². The third kappa shape index (κ3) is 4.12. The van der Waals surface area contributed by atoms with Gasteiger partial charge >= 0.3 is 0 Å². The van der Waals surface area contributed by atoms with E-state index in [1.807, 2.05) is 29.2 Å². The summed E-state index contributed by atoms with van der Waals surface area (Å²) in [5.41, 5.74) is 1.33. The molecule has 158 valence electrons. The summed E-state index contributed by atoms with van der Waals surface area (Å²) in [6, 6.07) is 7.79. The zero-order chi connectivity index (χ0) is 20.3. The summed E-state index contributed by atoms with van der Waals surface area (Å²) in [6.45, 7) is 2.70. The standard InChI is InChI=1S/C22H30N2O5/c1-27-20-5-3-2-4-18(20)19-12-17(29-23-19)13-22(7-10-28-11-8-22)21(26)24-9-6-16(14-24)15-25/h2-5,16-17,25H,6-15H2,1H3. The molecule has 2 unspecified atom stereocenters. The van der Waals surface area contributed by atoms with Gasteiger partial charge in [-0.3, -0.25) is 4.79 Å². The molecule has 4 rings (SSSR count). The monoisotopic (exact) mass is 402 g/mol. The molecule has 7 heteroatoms. The first-order valence-corrected chi connectivity index (χ1v) is 10.5. The van der Waals surface area contributed by atoms with Crippen LogP contribution in [0.3, 0.4) is 0 Å². The average molecular weight is 402 g/mol. The van der Waals surface area contributed by atoms with Gasteiger partial charge in [-0.25, -0.2) is 0 Å². The lowest BCUT2D eigenvalue weighted by atomic mass is 9.73. The fourth-order valence-electron chi connectivity index (χ4n) is 4.78. The molecular weight excluding hydrogens is 372 g/mol. The number of aliphatic hydroxyl groups is 1.